The molecule has 6 aromatic heterocycles. The number of halogens is 6. The highest BCUT2D eigenvalue weighted by Crippen LogP contribution is 2.39. The first-order valence-corrected chi connectivity index (χ1v) is 34.6. The number of aromatic amines is 3. The van der Waals surface area contributed by atoms with E-state index in [2.05, 4.69) is 104 Å². The number of aromatic nitrogens is 9. The topological polar surface area (TPSA) is 315 Å². The number of Topliss-reactive ketones (excluding diaryl/α,β-unsaturated/α-hetero) is 1. The number of amides is 3. The number of fused-ring (bicyclic) bond motifs is 3. The Hall–Kier alpha value is -12.5. The van der Waals surface area contributed by atoms with Crippen molar-refractivity contribution >= 4 is 90.7 Å². The Labute approximate surface area is 620 Å². The summed E-state index contributed by atoms with van der Waals surface area (Å²) in [6, 6.07) is 29.8. The molecule has 8 heterocycles. The summed E-state index contributed by atoms with van der Waals surface area (Å²) in [4.78, 5) is 89.6. The molecule has 0 spiro atoms. The summed E-state index contributed by atoms with van der Waals surface area (Å²) in [7, 11) is 6.44. The van der Waals surface area contributed by atoms with E-state index in [1.807, 2.05) is 48.5 Å². The van der Waals surface area contributed by atoms with Gasteiger partial charge >= 0.3 is 0 Å². The Kier molecular flexibility index (Phi) is 23.7. The van der Waals surface area contributed by atoms with Crippen LogP contribution in [0.2, 0.25) is 0 Å². The number of piperazine rings is 2. The van der Waals surface area contributed by atoms with Gasteiger partial charge in [-0.25, -0.2) is 56.2 Å². The number of anilines is 6. The second-order valence-electron chi connectivity index (χ2n) is 25.9. The van der Waals surface area contributed by atoms with Crippen molar-refractivity contribution in [3.8, 4) is 34.9 Å². The maximum absolute atomic E-state index is 15.2. The van der Waals surface area contributed by atoms with Gasteiger partial charge in [-0.05, 0) is 106 Å². The maximum Gasteiger partial charge on any atom is 0.260 e. The van der Waals surface area contributed by atoms with Crippen molar-refractivity contribution < 1.29 is 59.7 Å². The summed E-state index contributed by atoms with van der Waals surface area (Å²) in [5, 5.41) is 20.2. The van der Waals surface area contributed by atoms with Crippen LogP contribution >= 0.6 is 0 Å². The molecular formula is C77H77F6N19O7. The first-order valence-electron chi connectivity index (χ1n) is 34.6. The molecule has 2 aliphatic rings. The summed E-state index contributed by atoms with van der Waals surface area (Å²) in [6.45, 7) is 16.4. The third kappa shape index (κ3) is 18.0. The Balaban J connectivity index is 0.000000153. The fraction of sp³-hybridized carbons (Fsp3) is 0.247. The minimum absolute atomic E-state index is 0.0204. The number of likely N-dealkylation sites (N-methyl/N-ethyl adjacent to an activating group) is 1. The van der Waals surface area contributed by atoms with Crippen molar-refractivity contribution in [2.45, 2.75) is 47.2 Å². The molecule has 109 heavy (non-hydrogen) atoms. The molecule has 0 aliphatic carbocycles. The number of carbonyl (C=O) groups is 4. The van der Waals surface area contributed by atoms with E-state index in [1.165, 1.54) is 70.0 Å². The van der Waals surface area contributed by atoms with Crippen molar-refractivity contribution in [2.24, 2.45) is 0 Å². The van der Waals surface area contributed by atoms with E-state index in [0.717, 1.165) is 95.5 Å². The quantitative estimate of drug-likeness (QED) is 0.0299. The Morgan fingerprint density at radius 2 is 0.743 bits per heavy atom. The van der Waals surface area contributed by atoms with Gasteiger partial charge in [0.1, 0.15) is 41.5 Å². The molecule has 26 nitrogen and oxygen atoms in total. The van der Waals surface area contributed by atoms with Gasteiger partial charge in [0.15, 0.2) is 69.6 Å². The van der Waals surface area contributed by atoms with Crippen LogP contribution in [-0.4, -0.2) is 164 Å². The standard InChI is InChI=1S/C27H29F2N7O2.C26H27F2N7O2.C24H21F2N5O3/c1-16-12-19-23(29)21(13-20(28)24(19)33-16)38-27-22(26(37)30-2)25(31-15-32-27)34-18-6-4-17(5-7-18)14-36-10-8-35(3)9-11-36;1-15-11-18-22(28)20(12-19(27)23(18)33-15)37-26-21(25(36)29-2)24(31-14-32-26)34-17-5-3-16(4-6-17)13-35-9-7-30-8-10-35;1-12-8-16-20(26)18(10-17(25)21(16)30-12)34-24-19(23(33)27-3)22(28-11-29-24)31-15-6-4-14(5-7-15)9-13(2)32/h4-7,12-13,15,33H,8-11,14H2,1-3H3,(H,30,37)(H,31,32,34);3-6,11-12,14,30,33H,7-10,13H2,1-2H3,(H,29,36)(H,31,32,34);4-8,10-11,30H,9H2,1-3H3,(H,27,33)(H,28,29,31). The molecule has 0 atom stereocenters. The highest BCUT2D eigenvalue weighted by molar-refractivity contribution is 6.03. The molecule has 32 heteroatoms. The number of hydrogen-bond donors (Lipinski definition) is 10. The van der Waals surface area contributed by atoms with Crippen LogP contribution in [0.25, 0.3) is 32.7 Å². The molecule has 3 amide bonds. The second-order valence-corrected chi connectivity index (χ2v) is 25.9. The number of benzene rings is 6. The van der Waals surface area contributed by atoms with Crippen LogP contribution in [0.1, 0.15) is 71.8 Å². The first kappa shape index (κ1) is 76.1. The number of rotatable bonds is 21. The highest BCUT2D eigenvalue weighted by Gasteiger charge is 2.28. The number of aryl methyl sites for hydroxylation is 3. The summed E-state index contributed by atoms with van der Waals surface area (Å²) in [5.74, 6) is -7.51. The minimum Gasteiger partial charge on any atom is -0.435 e. The number of nitrogens with zero attached hydrogens (tertiary/aromatic N) is 9. The molecule has 14 rings (SSSR count). The number of ether oxygens (including phenoxy) is 3. The van der Waals surface area contributed by atoms with Gasteiger partial charge in [0.05, 0.1) is 16.6 Å². The minimum atomic E-state index is -0.794. The third-order valence-corrected chi connectivity index (χ3v) is 17.8. The molecule has 564 valence electrons. The average molecular weight is 1490 g/mol. The molecule has 6 aromatic carbocycles. The van der Waals surface area contributed by atoms with Crippen molar-refractivity contribution in [1.82, 2.24) is 80.8 Å². The normalized spacial score (nSPS) is 13.2. The van der Waals surface area contributed by atoms with Crippen molar-refractivity contribution in [1.29, 1.82) is 0 Å². The third-order valence-electron chi connectivity index (χ3n) is 17.8. The van der Waals surface area contributed by atoms with Crippen LogP contribution in [0.3, 0.4) is 0 Å². The van der Waals surface area contributed by atoms with Gasteiger partial charge in [0.25, 0.3) is 17.7 Å². The van der Waals surface area contributed by atoms with Crippen LogP contribution in [-0.2, 0) is 24.3 Å². The smallest absolute Gasteiger partial charge is 0.260 e. The van der Waals surface area contributed by atoms with E-state index in [0.29, 0.717) is 40.6 Å². The van der Waals surface area contributed by atoms with E-state index in [1.54, 1.807) is 45.0 Å². The largest absolute Gasteiger partial charge is 0.435 e. The molecule has 12 aromatic rings. The zero-order valence-corrected chi connectivity index (χ0v) is 60.6. The lowest BCUT2D eigenvalue weighted by Gasteiger charge is -2.32. The fourth-order valence-electron chi connectivity index (χ4n) is 12.3. The van der Waals surface area contributed by atoms with Gasteiger partial charge in [-0.2, -0.15) is 0 Å². The Morgan fingerprint density at radius 1 is 0.431 bits per heavy atom. The van der Waals surface area contributed by atoms with E-state index in [9.17, 15) is 32.3 Å². The lowest BCUT2D eigenvalue weighted by atomic mass is 10.1. The lowest BCUT2D eigenvalue weighted by Crippen LogP contribution is -2.43. The molecule has 2 fully saturated rings. The van der Waals surface area contributed by atoms with Crippen LogP contribution in [0, 0.1) is 55.7 Å². The summed E-state index contributed by atoms with van der Waals surface area (Å²) >= 11 is 0. The molecule has 0 bridgehead atoms. The second kappa shape index (κ2) is 33.9. The lowest BCUT2D eigenvalue weighted by molar-refractivity contribution is -0.116. The SMILES string of the molecule is CNC(=O)c1c(Nc2ccc(CC(C)=O)cc2)ncnc1Oc1cc(F)c2[nH]c(C)cc2c1F.CNC(=O)c1c(Nc2ccc(CN3CCN(C)CC3)cc2)ncnc1Oc1cc(F)c2[nH]c(C)cc2c1F.CNC(=O)c1c(Nc2ccc(CN3CCNCC3)cc2)ncnc1Oc1cc(F)c2[nH]c(C)cc2c1F. The average Bonchev–Trinajstić information content (AvgIpc) is 1.72. The molecule has 2 saturated heterocycles. The van der Waals surface area contributed by atoms with Crippen LogP contribution in [0.4, 0.5) is 60.9 Å². The van der Waals surface area contributed by atoms with Gasteiger partial charge < -0.3 is 71.3 Å². The monoisotopic (exact) mass is 1490 g/mol. The Morgan fingerprint density at radius 3 is 1.06 bits per heavy atom. The number of hydrogen-bond acceptors (Lipinski definition) is 20. The number of H-pyrrole nitrogens is 3. The summed E-state index contributed by atoms with van der Waals surface area (Å²) in [5.41, 5.74) is 6.86. The van der Waals surface area contributed by atoms with Crippen LogP contribution < -0.4 is 51.4 Å². The number of nitrogens with one attached hydrogen (secondary N) is 10. The zero-order chi connectivity index (χ0) is 77.2. The van der Waals surface area contributed by atoms with E-state index < -0.39 is 69.9 Å². The molecule has 2 aliphatic heterocycles. The molecule has 0 unspecified atom stereocenters. The Bertz CT molecular complexity index is 5340. The number of carbonyl (C=O) groups excluding carboxylic acids is 4. The van der Waals surface area contributed by atoms with Crippen molar-refractivity contribution in [3.63, 3.8) is 0 Å². The molecule has 0 saturated carbocycles. The predicted molar refractivity (Wildman–Crippen MR) is 400 cm³/mol. The molecular weight excluding hydrogens is 1420 g/mol. The van der Waals surface area contributed by atoms with E-state index >= 15 is 13.2 Å². The van der Waals surface area contributed by atoms with Gasteiger partial charge in [0, 0.05) is 162 Å². The summed E-state index contributed by atoms with van der Waals surface area (Å²) < 4.78 is 106. The van der Waals surface area contributed by atoms with Crippen molar-refractivity contribution in [3.05, 3.63) is 214 Å². The fourth-order valence-corrected chi connectivity index (χ4v) is 12.3. The highest BCUT2D eigenvalue weighted by atomic mass is 19.1. The van der Waals surface area contributed by atoms with Gasteiger partial charge in [-0.1, -0.05) is 36.4 Å². The van der Waals surface area contributed by atoms with Crippen LogP contribution in [0.15, 0.2) is 128 Å². The molecule has 10 N–H and O–H groups in total. The summed E-state index contributed by atoms with van der Waals surface area (Å²) in [6.07, 6.45) is 3.83. The van der Waals surface area contributed by atoms with Gasteiger partial charge in [0.2, 0.25) is 17.6 Å². The van der Waals surface area contributed by atoms with E-state index in [-0.39, 0.29) is 90.3 Å². The molecule has 0 radical (unpaired) electrons. The predicted octanol–water partition coefficient (Wildman–Crippen LogP) is 12.6. The van der Waals surface area contributed by atoms with Crippen LogP contribution in [0.5, 0.6) is 34.9 Å². The first-order chi connectivity index (χ1) is 52.5. The van der Waals surface area contributed by atoms with Gasteiger partial charge in [-0.15, -0.1) is 0 Å². The number of ketones is 1. The van der Waals surface area contributed by atoms with Gasteiger partial charge in [-0.3, -0.25) is 29.0 Å². The van der Waals surface area contributed by atoms with Crippen molar-refractivity contribution in [2.75, 3.05) is 96.5 Å². The zero-order valence-electron chi connectivity index (χ0n) is 60.6. The van der Waals surface area contributed by atoms with E-state index in [4.69, 9.17) is 14.2 Å². The maximum atomic E-state index is 15.2.